The average Bonchev–Trinajstić information content (AvgIpc) is 2.38. The first-order valence-corrected chi connectivity index (χ1v) is 7.51. The summed E-state index contributed by atoms with van der Waals surface area (Å²) < 4.78 is 100. The summed E-state index contributed by atoms with van der Waals surface area (Å²) in [6, 6.07) is 0. The fourth-order valence-electron chi connectivity index (χ4n) is 1.24. The molecule has 0 aliphatic rings. The van der Waals surface area contributed by atoms with Crippen molar-refractivity contribution in [3.63, 3.8) is 0 Å². The molecule has 0 aliphatic carbocycles. The lowest BCUT2D eigenvalue weighted by Gasteiger charge is -2.24. The van der Waals surface area contributed by atoms with Gasteiger partial charge in [0.1, 0.15) is 0 Å². The lowest BCUT2D eigenvalue weighted by Crippen LogP contribution is -2.40. The molecule has 23 heavy (non-hydrogen) atoms. The van der Waals surface area contributed by atoms with Crippen molar-refractivity contribution in [1.82, 2.24) is 10.4 Å². The first-order chi connectivity index (χ1) is 10.3. The minimum absolute atomic E-state index is 0.0746. The maximum atomic E-state index is 12.4. The number of hydrogen-bond acceptors (Lipinski definition) is 6. The Hall–Kier alpha value is -1.50. The molecule has 0 amide bonds. The van der Waals surface area contributed by atoms with E-state index < -0.39 is 39.7 Å². The number of rotatable bonds is 8. The number of hydrogen-bond donors (Lipinski definition) is 2. The van der Waals surface area contributed by atoms with Crippen molar-refractivity contribution < 1.29 is 38.9 Å². The highest BCUT2D eigenvalue weighted by Crippen LogP contribution is 2.29. The molecule has 0 saturated heterocycles. The van der Waals surface area contributed by atoms with Crippen molar-refractivity contribution in [2.24, 2.45) is 0 Å². The first-order valence-electron chi connectivity index (χ1n) is 6.10. The van der Waals surface area contributed by atoms with Gasteiger partial charge < -0.3 is 9.59 Å². The molecule has 0 atom stereocenters. The lowest BCUT2D eigenvalue weighted by molar-refractivity contribution is -0.126. The largest absolute Gasteiger partial charge is 0.534 e. The van der Waals surface area contributed by atoms with Gasteiger partial charge >= 0.3 is 21.8 Å². The van der Waals surface area contributed by atoms with E-state index in [4.69, 9.17) is 5.41 Å². The van der Waals surface area contributed by atoms with Gasteiger partial charge in [0.2, 0.25) is 5.88 Å². The van der Waals surface area contributed by atoms with Crippen molar-refractivity contribution in [3.05, 3.63) is 11.5 Å². The number of hydrazine groups is 1. The number of nitrogens with one attached hydrogen (secondary N) is 2. The van der Waals surface area contributed by atoms with Crippen LogP contribution in [-0.2, 0) is 14.3 Å². The molecular formula is C10H15F6N3O3S. The highest BCUT2D eigenvalue weighted by Gasteiger charge is 2.49. The summed E-state index contributed by atoms with van der Waals surface area (Å²) in [6.07, 6.45) is -6.65. The second kappa shape index (κ2) is 7.86. The van der Waals surface area contributed by atoms with Gasteiger partial charge in [-0.3, -0.25) is 5.43 Å². The van der Waals surface area contributed by atoms with E-state index in [0.717, 1.165) is 5.01 Å². The summed E-state index contributed by atoms with van der Waals surface area (Å²) in [5, 5.41) is 7.99. The molecule has 0 aromatic heterocycles. The van der Waals surface area contributed by atoms with Crippen molar-refractivity contribution in [1.29, 1.82) is 5.41 Å². The fraction of sp³-hybridized carbons (Fsp3) is 0.700. The van der Waals surface area contributed by atoms with Gasteiger partial charge in [-0.05, 0) is 0 Å². The fourth-order valence-corrected chi connectivity index (χ4v) is 1.70. The van der Waals surface area contributed by atoms with E-state index in [-0.39, 0.29) is 19.3 Å². The van der Waals surface area contributed by atoms with Crippen LogP contribution in [0.4, 0.5) is 26.3 Å². The van der Waals surface area contributed by atoms with E-state index in [0.29, 0.717) is 0 Å². The normalized spacial score (nSPS) is 14.5. The molecule has 13 heteroatoms. The molecule has 0 aromatic rings. The molecule has 0 radical (unpaired) electrons. The van der Waals surface area contributed by atoms with Crippen molar-refractivity contribution in [2.75, 3.05) is 13.1 Å². The third-order valence-corrected chi connectivity index (χ3v) is 3.31. The van der Waals surface area contributed by atoms with Crippen LogP contribution in [0.15, 0.2) is 11.5 Å². The Bertz CT molecular complexity index is 537. The molecule has 6 nitrogen and oxygen atoms in total. The van der Waals surface area contributed by atoms with Gasteiger partial charge in [-0.15, -0.1) is 0 Å². The molecule has 0 spiro atoms. The van der Waals surface area contributed by atoms with E-state index in [2.05, 4.69) is 4.18 Å². The third-order valence-electron chi connectivity index (χ3n) is 2.36. The van der Waals surface area contributed by atoms with Crippen LogP contribution in [0.1, 0.15) is 20.3 Å². The van der Waals surface area contributed by atoms with Crippen LogP contribution in [0.5, 0.6) is 0 Å². The minimum Gasteiger partial charge on any atom is -0.356 e. The number of alkyl halides is 6. The highest BCUT2D eigenvalue weighted by molar-refractivity contribution is 7.87. The molecule has 2 N–H and O–H groups in total. The molecule has 0 fully saturated rings. The van der Waals surface area contributed by atoms with Crippen LogP contribution >= 0.6 is 0 Å². The zero-order chi connectivity index (χ0) is 18.5. The SMILES string of the molecule is CCN(CC)N/C(OS(=O)(=O)C(F)(F)F)=C(\C=N)CC(F)(F)F. The van der Waals surface area contributed by atoms with Gasteiger partial charge in [0.05, 0.1) is 6.42 Å². The third kappa shape index (κ3) is 7.07. The van der Waals surface area contributed by atoms with E-state index in [1.54, 1.807) is 0 Å². The molecule has 0 aromatic carbocycles. The van der Waals surface area contributed by atoms with Gasteiger partial charge in [-0.2, -0.15) is 34.8 Å². The smallest absolute Gasteiger partial charge is 0.356 e. The lowest BCUT2D eigenvalue weighted by atomic mass is 10.2. The molecule has 0 saturated carbocycles. The van der Waals surface area contributed by atoms with E-state index in [1.807, 2.05) is 5.43 Å². The van der Waals surface area contributed by atoms with Crippen molar-refractivity contribution in [3.8, 4) is 0 Å². The Labute approximate surface area is 128 Å². The van der Waals surface area contributed by atoms with E-state index >= 15 is 0 Å². The Balaban J connectivity index is 5.85. The zero-order valence-corrected chi connectivity index (χ0v) is 12.9. The van der Waals surface area contributed by atoms with Crippen LogP contribution in [0, 0.1) is 5.41 Å². The first kappa shape index (κ1) is 21.5. The maximum absolute atomic E-state index is 12.4. The molecule has 136 valence electrons. The Morgan fingerprint density at radius 2 is 1.65 bits per heavy atom. The van der Waals surface area contributed by atoms with Gasteiger partial charge in [-0.25, -0.2) is 5.01 Å². The predicted octanol–water partition coefficient (Wildman–Crippen LogP) is 2.51. The second-order valence-corrected chi connectivity index (χ2v) is 5.60. The van der Waals surface area contributed by atoms with Crippen molar-refractivity contribution in [2.45, 2.75) is 32.0 Å². The van der Waals surface area contributed by atoms with E-state index in [1.165, 1.54) is 13.8 Å². The van der Waals surface area contributed by atoms with Gasteiger partial charge in [-0.1, -0.05) is 13.8 Å². The van der Waals surface area contributed by atoms with E-state index in [9.17, 15) is 34.8 Å². The molecule has 0 aliphatic heterocycles. The summed E-state index contributed by atoms with van der Waals surface area (Å²) in [7, 11) is -6.19. The molecule has 0 unspecified atom stereocenters. The number of nitrogens with zero attached hydrogens (tertiary/aromatic N) is 1. The molecule has 0 heterocycles. The molecule has 0 bridgehead atoms. The Morgan fingerprint density at radius 3 is 1.96 bits per heavy atom. The number of halogens is 6. The quantitative estimate of drug-likeness (QED) is 0.171. The number of allylic oxidation sites excluding steroid dienone is 1. The monoisotopic (exact) mass is 371 g/mol. The zero-order valence-electron chi connectivity index (χ0n) is 12.0. The van der Waals surface area contributed by atoms with Gasteiger partial charge in [0.25, 0.3) is 0 Å². The molecular weight excluding hydrogens is 356 g/mol. The van der Waals surface area contributed by atoms with Crippen LogP contribution in [0.2, 0.25) is 0 Å². The van der Waals surface area contributed by atoms with Crippen LogP contribution in [0.25, 0.3) is 0 Å². The topological polar surface area (TPSA) is 82.5 Å². The highest BCUT2D eigenvalue weighted by atomic mass is 32.2. The molecule has 0 rings (SSSR count). The summed E-state index contributed by atoms with van der Waals surface area (Å²) >= 11 is 0. The van der Waals surface area contributed by atoms with Gasteiger partial charge in [0, 0.05) is 24.9 Å². The summed E-state index contributed by atoms with van der Waals surface area (Å²) in [5.41, 5.74) is -4.91. The second-order valence-electron chi connectivity index (χ2n) is 4.06. The predicted molar refractivity (Wildman–Crippen MR) is 68.6 cm³/mol. The summed E-state index contributed by atoms with van der Waals surface area (Å²) in [6.45, 7) is 3.26. The maximum Gasteiger partial charge on any atom is 0.534 e. The Kier molecular flexibility index (Phi) is 7.34. The van der Waals surface area contributed by atoms with Crippen LogP contribution in [-0.4, -0.2) is 44.4 Å². The van der Waals surface area contributed by atoms with Gasteiger partial charge in [0.15, 0.2) is 0 Å². The average molecular weight is 371 g/mol. The van der Waals surface area contributed by atoms with Crippen LogP contribution in [0.3, 0.4) is 0 Å². The summed E-state index contributed by atoms with van der Waals surface area (Å²) in [4.78, 5) is 0. The van der Waals surface area contributed by atoms with Crippen molar-refractivity contribution >= 4 is 16.3 Å². The van der Waals surface area contributed by atoms with Crippen LogP contribution < -0.4 is 5.43 Å². The Morgan fingerprint density at radius 1 is 1.17 bits per heavy atom. The minimum atomic E-state index is -6.19. The summed E-state index contributed by atoms with van der Waals surface area (Å²) in [5.74, 6) is -1.32. The standard InChI is InChI=1S/C10H15F6N3O3S/c1-3-19(4-2)18-8(7(6-17)5-9(11,12)13)22-23(20,21)10(14,15)16/h6,17-18H,3-5H2,1-2H3/b8-7+,17-6?.